The van der Waals surface area contributed by atoms with E-state index in [4.69, 9.17) is 14.6 Å². The summed E-state index contributed by atoms with van der Waals surface area (Å²) in [7, 11) is 1.60. The quantitative estimate of drug-likeness (QED) is 0.221. The molecule has 1 aromatic heterocycles. The third-order valence-electron chi connectivity index (χ3n) is 4.53. The van der Waals surface area contributed by atoms with Crippen molar-refractivity contribution < 1.29 is 14.6 Å². The molecule has 0 radical (unpaired) electrons. The summed E-state index contributed by atoms with van der Waals surface area (Å²) in [6.45, 7) is 4.12. The van der Waals surface area contributed by atoms with Crippen LogP contribution in [0.4, 0.5) is 0 Å². The number of halogens is 1. The average Bonchev–Trinajstić information content (AvgIpc) is 2.79. The van der Waals surface area contributed by atoms with Gasteiger partial charge in [0.25, 0.3) is 0 Å². The Hall–Kier alpha value is -2.59. The maximum atomic E-state index is 8.93. The van der Waals surface area contributed by atoms with Crippen LogP contribution in [0.25, 0.3) is 10.9 Å². The summed E-state index contributed by atoms with van der Waals surface area (Å²) in [6.07, 6.45) is 1.83. The molecule has 0 fully saturated rings. The van der Waals surface area contributed by atoms with Gasteiger partial charge in [0.05, 0.1) is 25.8 Å². The van der Waals surface area contributed by atoms with E-state index in [0.29, 0.717) is 24.6 Å². The first kappa shape index (κ1) is 24.7. The van der Waals surface area contributed by atoms with Crippen molar-refractivity contribution in [3.8, 4) is 11.5 Å². The number of hydrogen-bond donors (Lipinski definition) is 3. The summed E-state index contributed by atoms with van der Waals surface area (Å²) in [6, 6.07) is 15.8. The number of fused-ring (bicyclic) bond motifs is 1. The van der Waals surface area contributed by atoms with Gasteiger partial charge < -0.3 is 25.2 Å². The number of methoxy groups -OCH3 is 1. The van der Waals surface area contributed by atoms with Crippen molar-refractivity contribution in [2.24, 2.45) is 4.99 Å². The zero-order valence-corrected chi connectivity index (χ0v) is 20.1. The van der Waals surface area contributed by atoms with Gasteiger partial charge in [-0.15, -0.1) is 24.0 Å². The molecular weight excluding hydrogens is 507 g/mol. The largest absolute Gasteiger partial charge is 0.493 e. The summed E-state index contributed by atoms with van der Waals surface area (Å²) < 4.78 is 10.9. The van der Waals surface area contributed by atoms with Crippen molar-refractivity contribution in [3.05, 3.63) is 65.9 Å². The van der Waals surface area contributed by atoms with E-state index < -0.39 is 0 Å². The van der Waals surface area contributed by atoms with Gasteiger partial charge in [-0.25, -0.2) is 4.99 Å². The lowest BCUT2D eigenvalue weighted by molar-refractivity contribution is 0.196. The highest BCUT2D eigenvalue weighted by atomic mass is 127. The van der Waals surface area contributed by atoms with E-state index in [1.807, 2.05) is 55.6 Å². The fourth-order valence-electron chi connectivity index (χ4n) is 3.09. The molecule has 7 nitrogen and oxygen atoms in total. The number of hydrogen-bond acceptors (Lipinski definition) is 5. The summed E-state index contributed by atoms with van der Waals surface area (Å²) >= 11 is 0. The van der Waals surface area contributed by atoms with E-state index in [9.17, 15) is 0 Å². The maximum absolute atomic E-state index is 8.93. The zero-order valence-electron chi connectivity index (χ0n) is 17.8. The van der Waals surface area contributed by atoms with Gasteiger partial charge in [0.2, 0.25) is 0 Å². The number of nitrogens with zero attached hydrogens (tertiary/aromatic N) is 2. The Morgan fingerprint density at radius 1 is 1.10 bits per heavy atom. The van der Waals surface area contributed by atoms with Gasteiger partial charge in [0.1, 0.15) is 6.61 Å². The van der Waals surface area contributed by atoms with Crippen LogP contribution in [0.1, 0.15) is 18.1 Å². The van der Waals surface area contributed by atoms with Gasteiger partial charge in [-0.05, 0) is 42.3 Å². The van der Waals surface area contributed by atoms with Crippen LogP contribution < -0.4 is 20.1 Å². The number of rotatable bonds is 9. The van der Waals surface area contributed by atoms with E-state index in [2.05, 4.69) is 26.7 Å². The number of aromatic nitrogens is 1. The first-order valence-electron chi connectivity index (χ1n) is 10.0. The summed E-state index contributed by atoms with van der Waals surface area (Å²) in [5.41, 5.74) is 3.14. The molecule has 1 heterocycles. The zero-order chi connectivity index (χ0) is 21.2. The van der Waals surface area contributed by atoms with E-state index in [1.54, 1.807) is 7.11 Å². The maximum Gasteiger partial charge on any atom is 0.191 e. The monoisotopic (exact) mass is 536 g/mol. The summed E-state index contributed by atoms with van der Waals surface area (Å²) in [4.78, 5) is 9.10. The van der Waals surface area contributed by atoms with Crippen molar-refractivity contribution in [3.63, 3.8) is 0 Å². The molecule has 3 N–H and O–H groups in total. The second kappa shape index (κ2) is 13.0. The highest BCUT2D eigenvalue weighted by Crippen LogP contribution is 2.28. The Kier molecular flexibility index (Phi) is 10.3. The number of para-hydroxylation sites is 1. The number of benzene rings is 2. The lowest BCUT2D eigenvalue weighted by Crippen LogP contribution is -2.36. The van der Waals surface area contributed by atoms with Crippen LogP contribution >= 0.6 is 24.0 Å². The molecule has 0 unspecified atom stereocenters. The third kappa shape index (κ3) is 6.96. The van der Waals surface area contributed by atoms with E-state index >= 15 is 0 Å². The van der Waals surface area contributed by atoms with Gasteiger partial charge in [-0.2, -0.15) is 0 Å². The molecule has 0 saturated heterocycles. The van der Waals surface area contributed by atoms with Crippen molar-refractivity contribution in [1.29, 1.82) is 0 Å². The van der Waals surface area contributed by atoms with Gasteiger partial charge in [0.15, 0.2) is 17.5 Å². The Morgan fingerprint density at radius 3 is 2.71 bits per heavy atom. The fourth-order valence-corrected chi connectivity index (χ4v) is 3.09. The number of guanidine groups is 1. The van der Waals surface area contributed by atoms with Crippen LogP contribution in [0, 0.1) is 0 Å². The SMILES string of the molecule is CCNC(=NCc1ccc(OCCO)c(OC)c1)NCc1ccnc2ccccc12.I. The minimum atomic E-state index is -0.0420. The number of aliphatic hydroxyl groups excluding tert-OH is 1. The third-order valence-corrected chi connectivity index (χ3v) is 4.53. The van der Waals surface area contributed by atoms with E-state index in [-0.39, 0.29) is 37.2 Å². The first-order chi connectivity index (χ1) is 14.7. The smallest absolute Gasteiger partial charge is 0.191 e. The summed E-state index contributed by atoms with van der Waals surface area (Å²) in [5.74, 6) is 1.96. The molecule has 2 aromatic carbocycles. The lowest BCUT2D eigenvalue weighted by Gasteiger charge is -2.13. The second-order valence-corrected chi connectivity index (χ2v) is 6.59. The molecule has 8 heteroatoms. The molecule has 166 valence electrons. The topological polar surface area (TPSA) is 88.0 Å². The van der Waals surface area contributed by atoms with E-state index in [1.165, 1.54) is 5.56 Å². The van der Waals surface area contributed by atoms with Crippen molar-refractivity contribution in [1.82, 2.24) is 15.6 Å². The molecule has 31 heavy (non-hydrogen) atoms. The minimum absolute atomic E-state index is 0. The number of nitrogens with one attached hydrogen (secondary N) is 2. The van der Waals surface area contributed by atoms with Crippen molar-refractivity contribution in [2.75, 3.05) is 26.9 Å². The molecule has 0 spiro atoms. The molecule has 3 aromatic rings. The standard InChI is InChI=1S/C23H28N4O3.HI/c1-3-24-23(27-16-18-10-11-25-20-7-5-4-6-19(18)20)26-15-17-8-9-21(30-13-12-28)22(14-17)29-2;/h4-11,14,28H,3,12-13,15-16H2,1-2H3,(H2,24,26,27);1H. The Balaban J connectivity index is 0.00000341. The molecular formula is C23H29IN4O3. The van der Waals surface area contributed by atoms with Crippen LogP contribution in [0.15, 0.2) is 59.7 Å². The predicted octanol–water partition coefficient (Wildman–Crippen LogP) is 3.49. The number of aliphatic hydroxyl groups is 1. The molecule has 0 bridgehead atoms. The molecule has 0 aliphatic rings. The number of ether oxygens (including phenoxy) is 2. The lowest BCUT2D eigenvalue weighted by atomic mass is 10.1. The predicted molar refractivity (Wildman–Crippen MR) is 134 cm³/mol. The van der Waals surface area contributed by atoms with Gasteiger partial charge >= 0.3 is 0 Å². The van der Waals surface area contributed by atoms with Crippen LogP contribution in [0.3, 0.4) is 0 Å². The first-order valence-corrected chi connectivity index (χ1v) is 10.0. The average molecular weight is 536 g/mol. The minimum Gasteiger partial charge on any atom is -0.493 e. The van der Waals surface area contributed by atoms with Crippen molar-refractivity contribution >= 4 is 40.8 Å². The molecule has 0 amide bonds. The highest BCUT2D eigenvalue weighted by molar-refractivity contribution is 14.0. The van der Waals surface area contributed by atoms with Crippen LogP contribution in [-0.4, -0.2) is 42.9 Å². The number of pyridine rings is 1. The number of aliphatic imine (C=N–C) groups is 1. The van der Waals surface area contributed by atoms with Crippen LogP contribution in [0.2, 0.25) is 0 Å². The van der Waals surface area contributed by atoms with Crippen LogP contribution in [-0.2, 0) is 13.1 Å². The molecule has 0 saturated carbocycles. The summed E-state index contributed by atoms with van der Waals surface area (Å²) in [5, 5.41) is 16.7. The van der Waals surface area contributed by atoms with Gasteiger partial charge in [0, 0.05) is 24.7 Å². The molecule has 0 aliphatic heterocycles. The highest BCUT2D eigenvalue weighted by Gasteiger charge is 2.07. The molecule has 3 rings (SSSR count). The molecule has 0 atom stereocenters. The van der Waals surface area contributed by atoms with Crippen molar-refractivity contribution in [2.45, 2.75) is 20.0 Å². The van der Waals surface area contributed by atoms with E-state index in [0.717, 1.165) is 29.0 Å². The Labute approximate surface area is 199 Å². The molecule has 0 aliphatic carbocycles. The van der Waals surface area contributed by atoms with Gasteiger partial charge in [-0.3, -0.25) is 4.98 Å². The van der Waals surface area contributed by atoms with Crippen LogP contribution in [0.5, 0.6) is 11.5 Å². The Bertz CT molecular complexity index is 992. The second-order valence-electron chi connectivity index (χ2n) is 6.59. The Morgan fingerprint density at radius 2 is 1.94 bits per heavy atom. The van der Waals surface area contributed by atoms with Gasteiger partial charge in [-0.1, -0.05) is 24.3 Å². The normalized spacial score (nSPS) is 11.0. The fraction of sp³-hybridized carbons (Fsp3) is 0.304.